The summed E-state index contributed by atoms with van der Waals surface area (Å²) in [6.45, 7) is 8.61. The molecule has 0 atom stereocenters. The summed E-state index contributed by atoms with van der Waals surface area (Å²) in [5, 5.41) is 0. The number of rotatable bonds is 2. The number of benzene rings is 2. The van der Waals surface area contributed by atoms with Crippen LogP contribution in [0.3, 0.4) is 0 Å². The van der Waals surface area contributed by atoms with Crippen LogP contribution in [0.25, 0.3) is 16.7 Å². The predicted octanol–water partition coefficient (Wildman–Crippen LogP) is 4.35. The smallest absolute Gasteiger partial charge is 0.117 e. The first kappa shape index (κ1) is 13.7. The number of nitrogen functional groups attached to an aromatic ring is 1. The van der Waals surface area contributed by atoms with E-state index in [0.717, 1.165) is 22.5 Å². The molecule has 1 heterocycles. The number of hydrogen-bond acceptors (Lipinski definition) is 2. The molecule has 0 radical (unpaired) electrons. The first-order valence-electron chi connectivity index (χ1n) is 7.33. The molecule has 0 unspecified atom stereocenters. The number of nitrogens with zero attached hydrogens (tertiary/aromatic N) is 2. The van der Waals surface area contributed by atoms with Crippen LogP contribution in [0.4, 0.5) is 5.69 Å². The van der Waals surface area contributed by atoms with Crippen molar-refractivity contribution in [2.75, 3.05) is 5.73 Å². The van der Waals surface area contributed by atoms with E-state index in [-0.39, 0.29) is 0 Å². The Bertz CT molecular complexity index is 813. The highest BCUT2D eigenvalue weighted by atomic mass is 15.1. The van der Waals surface area contributed by atoms with Crippen LogP contribution >= 0.6 is 0 Å². The lowest BCUT2D eigenvalue weighted by atomic mass is 10.1. The lowest BCUT2D eigenvalue weighted by Crippen LogP contribution is -2.05. The average molecular weight is 279 g/mol. The Balaban J connectivity index is 2.39. The van der Waals surface area contributed by atoms with Gasteiger partial charge < -0.3 is 5.73 Å². The fourth-order valence-electron chi connectivity index (χ4n) is 2.72. The molecule has 0 amide bonds. The van der Waals surface area contributed by atoms with Crippen LogP contribution in [0.2, 0.25) is 0 Å². The molecule has 108 valence electrons. The van der Waals surface area contributed by atoms with Crippen LogP contribution in [0.5, 0.6) is 0 Å². The van der Waals surface area contributed by atoms with E-state index in [9.17, 15) is 0 Å². The first-order valence-corrected chi connectivity index (χ1v) is 7.33. The Morgan fingerprint density at radius 3 is 2.52 bits per heavy atom. The molecule has 0 spiro atoms. The summed E-state index contributed by atoms with van der Waals surface area (Å²) >= 11 is 0. The molecule has 3 aromatic rings. The summed E-state index contributed by atoms with van der Waals surface area (Å²) < 4.78 is 2.27. The molecule has 3 heteroatoms. The monoisotopic (exact) mass is 279 g/mol. The van der Waals surface area contributed by atoms with Gasteiger partial charge in [0.1, 0.15) is 5.82 Å². The van der Waals surface area contributed by atoms with Gasteiger partial charge in [-0.1, -0.05) is 26.0 Å². The Hall–Kier alpha value is -2.29. The molecule has 0 aliphatic rings. The van der Waals surface area contributed by atoms with Crippen molar-refractivity contribution in [2.24, 2.45) is 0 Å². The molecule has 21 heavy (non-hydrogen) atoms. The highest BCUT2D eigenvalue weighted by Crippen LogP contribution is 2.29. The number of anilines is 1. The molecule has 1 aromatic heterocycles. The highest BCUT2D eigenvalue weighted by Gasteiger charge is 2.16. The summed E-state index contributed by atoms with van der Waals surface area (Å²) in [6, 6.07) is 12.5. The lowest BCUT2D eigenvalue weighted by molar-refractivity contribution is 0.758. The number of fused-ring (bicyclic) bond motifs is 1. The Kier molecular flexibility index (Phi) is 3.20. The van der Waals surface area contributed by atoms with Gasteiger partial charge in [-0.05, 0) is 49.2 Å². The molecule has 3 rings (SSSR count). The minimum Gasteiger partial charge on any atom is -0.399 e. The molecule has 0 aliphatic heterocycles. The third-order valence-corrected chi connectivity index (χ3v) is 3.83. The van der Waals surface area contributed by atoms with E-state index in [2.05, 4.69) is 56.5 Å². The third kappa shape index (κ3) is 2.29. The lowest BCUT2D eigenvalue weighted by Gasteiger charge is -2.15. The molecule has 0 aliphatic carbocycles. The zero-order valence-corrected chi connectivity index (χ0v) is 13.0. The SMILES string of the molecule is Cc1ccc(C)c(-n2c(C(C)C)nc3cc(N)ccc32)c1. The molecule has 0 bridgehead atoms. The van der Waals surface area contributed by atoms with E-state index < -0.39 is 0 Å². The van der Waals surface area contributed by atoms with Crippen molar-refractivity contribution in [3.63, 3.8) is 0 Å². The van der Waals surface area contributed by atoms with E-state index in [1.807, 2.05) is 12.1 Å². The molecule has 2 aromatic carbocycles. The van der Waals surface area contributed by atoms with Gasteiger partial charge in [-0.3, -0.25) is 4.57 Å². The summed E-state index contributed by atoms with van der Waals surface area (Å²) in [6.07, 6.45) is 0. The van der Waals surface area contributed by atoms with Crippen LogP contribution in [-0.4, -0.2) is 9.55 Å². The zero-order chi connectivity index (χ0) is 15.1. The standard InChI is InChI=1S/C18H21N3/c1-11(2)18-20-15-10-14(19)7-8-16(15)21(18)17-9-12(3)5-6-13(17)4/h5-11H,19H2,1-4H3. The topological polar surface area (TPSA) is 43.8 Å². The molecule has 0 fully saturated rings. The van der Waals surface area contributed by atoms with Gasteiger partial charge in [-0.15, -0.1) is 0 Å². The fraction of sp³-hybridized carbons (Fsp3) is 0.278. The minimum atomic E-state index is 0.346. The summed E-state index contributed by atoms with van der Waals surface area (Å²) in [5.74, 6) is 1.42. The van der Waals surface area contributed by atoms with E-state index >= 15 is 0 Å². The molecule has 2 N–H and O–H groups in total. The molecule has 0 saturated carbocycles. The van der Waals surface area contributed by atoms with Crippen LogP contribution in [0.15, 0.2) is 36.4 Å². The van der Waals surface area contributed by atoms with E-state index in [4.69, 9.17) is 10.7 Å². The van der Waals surface area contributed by atoms with E-state index in [0.29, 0.717) is 5.92 Å². The second-order valence-corrected chi connectivity index (χ2v) is 6.00. The highest BCUT2D eigenvalue weighted by molar-refractivity contribution is 5.82. The van der Waals surface area contributed by atoms with Crippen molar-refractivity contribution < 1.29 is 0 Å². The minimum absolute atomic E-state index is 0.346. The van der Waals surface area contributed by atoms with Crippen LogP contribution in [-0.2, 0) is 0 Å². The molecular formula is C18H21N3. The zero-order valence-electron chi connectivity index (χ0n) is 13.0. The maximum Gasteiger partial charge on any atom is 0.117 e. The van der Waals surface area contributed by atoms with Crippen molar-refractivity contribution in [3.05, 3.63) is 53.3 Å². The van der Waals surface area contributed by atoms with Crippen molar-refractivity contribution >= 4 is 16.7 Å². The van der Waals surface area contributed by atoms with Gasteiger partial charge in [0.15, 0.2) is 0 Å². The predicted molar refractivity (Wildman–Crippen MR) is 89.0 cm³/mol. The summed E-state index contributed by atoms with van der Waals surface area (Å²) in [4.78, 5) is 4.80. The second kappa shape index (κ2) is 4.92. The third-order valence-electron chi connectivity index (χ3n) is 3.83. The van der Waals surface area contributed by atoms with Crippen LogP contribution in [0.1, 0.15) is 36.7 Å². The average Bonchev–Trinajstić information content (AvgIpc) is 2.80. The van der Waals surface area contributed by atoms with Gasteiger partial charge in [0.25, 0.3) is 0 Å². The molecule has 3 nitrogen and oxygen atoms in total. The largest absolute Gasteiger partial charge is 0.399 e. The second-order valence-electron chi connectivity index (χ2n) is 6.00. The molecular weight excluding hydrogens is 258 g/mol. The van der Waals surface area contributed by atoms with Gasteiger partial charge in [0, 0.05) is 11.6 Å². The maximum absolute atomic E-state index is 5.90. The van der Waals surface area contributed by atoms with Gasteiger partial charge in [0.2, 0.25) is 0 Å². The number of nitrogens with two attached hydrogens (primary N) is 1. The van der Waals surface area contributed by atoms with Gasteiger partial charge in [-0.25, -0.2) is 4.98 Å². The van der Waals surface area contributed by atoms with E-state index in [1.54, 1.807) is 0 Å². The summed E-state index contributed by atoms with van der Waals surface area (Å²) in [7, 11) is 0. The van der Waals surface area contributed by atoms with Gasteiger partial charge in [0.05, 0.1) is 16.7 Å². The quantitative estimate of drug-likeness (QED) is 0.709. The number of aryl methyl sites for hydroxylation is 2. The normalized spacial score (nSPS) is 11.5. The Labute approximate surface area is 125 Å². The van der Waals surface area contributed by atoms with E-state index in [1.165, 1.54) is 16.8 Å². The number of hydrogen-bond donors (Lipinski definition) is 1. The number of imidazole rings is 1. The maximum atomic E-state index is 5.90. The van der Waals surface area contributed by atoms with Crippen LogP contribution < -0.4 is 5.73 Å². The van der Waals surface area contributed by atoms with Crippen LogP contribution in [0, 0.1) is 13.8 Å². The fourth-order valence-corrected chi connectivity index (χ4v) is 2.72. The van der Waals surface area contributed by atoms with Crippen molar-refractivity contribution in [1.29, 1.82) is 0 Å². The molecule has 0 saturated heterocycles. The van der Waals surface area contributed by atoms with Crippen molar-refractivity contribution in [1.82, 2.24) is 9.55 Å². The Morgan fingerprint density at radius 1 is 1.05 bits per heavy atom. The van der Waals surface area contributed by atoms with Crippen molar-refractivity contribution in [2.45, 2.75) is 33.6 Å². The van der Waals surface area contributed by atoms with Gasteiger partial charge >= 0.3 is 0 Å². The summed E-state index contributed by atoms with van der Waals surface area (Å²) in [5.41, 5.74) is 12.4. The number of aromatic nitrogens is 2. The first-order chi connectivity index (χ1) is 9.97. The Morgan fingerprint density at radius 2 is 1.81 bits per heavy atom. The van der Waals surface area contributed by atoms with Crippen molar-refractivity contribution in [3.8, 4) is 5.69 Å². The van der Waals surface area contributed by atoms with Gasteiger partial charge in [-0.2, -0.15) is 0 Å².